The van der Waals surface area contributed by atoms with Crippen LogP contribution in [-0.4, -0.2) is 10.9 Å². The molecule has 0 saturated carbocycles. The Balaban J connectivity index is 3.04. The highest BCUT2D eigenvalue weighted by Gasteiger charge is 1.93. The lowest BCUT2D eigenvalue weighted by molar-refractivity contribution is -0.109. The van der Waals surface area contributed by atoms with E-state index in [9.17, 15) is 4.79 Å². The van der Waals surface area contributed by atoms with Crippen LogP contribution >= 0.6 is 11.8 Å². The van der Waals surface area contributed by atoms with Crippen LogP contribution in [0, 0.1) is 11.8 Å². The third-order valence-electron chi connectivity index (χ3n) is 1.55. The van der Waals surface area contributed by atoms with Crippen LogP contribution in [0.25, 0.3) is 0 Å². The second-order valence-electron chi connectivity index (χ2n) is 2.86. The fourth-order valence-corrected chi connectivity index (χ4v) is 1.56. The van der Waals surface area contributed by atoms with E-state index in [1.807, 2.05) is 0 Å². The monoisotopic (exact) mass is 198 g/mol. The maximum atomic E-state index is 10.6. The van der Waals surface area contributed by atoms with Gasteiger partial charge in [0.15, 0.2) is 5.12 Å². The molecule has 1 nitrogen and oxygen atoms in total. The van der Waals surface area contributed by atoms with Gasteiger partial charge in [-0.25, -0.2) is 0 Å². The van der Waals surface area contributed by atoms with Gasteiger partial charge in [-0.15, -0.1) is 11.8 Å². The van der Waals surface area contributed by atoms with Gasteiger partial charge in [-0.05, 0) is 12.8 Å². The van der Waals surface area contributed by atoms with Crippen LogP contribution in [0.2, 0.25) is 0 Å². The molecule has 0 aromatic heterocycles. The summed E-state index contributed by atoms with van der Waals surface area (Å²) >= 11 is 1.42. The molecule has 2 heteroatoms. The summed E-state index contributed by atoms with van der Waals surface area (Å²) in [6.45, 7) is 3.69. The minimum Gasteiger partial charge on any atom is -0.288 e. The van der Waals surface area contributed by atoms with Gasteiger partial charge < -0.3 is 0 Å². The molecule has 0 amide bonds. The molecular formula is C11H18OS. The van der Waals surface area contributed by atoms with Crippen LogP contribution in [-0.2, 0) is 4.79 Å². The van der Waals surface area contributed by atoms with Gasteiger partial charge in [-0.2, -0.15) is 0 Å². The van der Waals surface area contributed by atoms with E-state index in [4.69, 9.17) is 0 Å². The number of thioether (sulfide) groups is 1. The van der Waals surface area contributed by atoms with Gasteiger partial charge in [0.25, 0.3) is 0 Å². The van der Waals surface area contributed by atoms with Crippen molar-refractivity contribution in [2.45, 2.75) is 46.0 Å². The Labute approximate surface area is 85.7 Å². The van der Waals surface area contributed by atoms with Crippen LogP contribution in [0.1, 0.15) is 46.0 Å². The van der Waals surface area contributed by atoms with E-state index in [-0.39, 0.29) is 5.12 Å². The average molecular weight is 198 g/mol. The molecule has 0 aliphatic heterocycles. The molecule has 13 heavy (non-hydrogen) atoms. The molecule has 0 heterocycles. The van der Waals surface area contributed by atoms with Crippen LogP contribution in [0.3, 0.4) is 0 Å². The predicted molar refractivity (Wildman–Crippen MR) is 59.7 cm³/mol. The third kappa shape index (κ3) is 11.6. The second kappa shape index (κ2) is 9.67. The largest absolute Gasteiger partial charge is 0.288 e. The Morgan fingerprint density at radius 2 is 2.00 bits per heavy atom. The van der Waals surface area contributed by atoms with Crippen molar-refractivity contribution < 1.29 is 4.79 Å². The van der Waals surface area contributed by atoms with E-state index in [0.717, 1.165) is 25.0 Å². The maximum absolute atomic E-state index is 10.6. The molecule has 0 fully saturated rings. The van der Waals surface area contributed by atoms with Gasteiger partial charge in [0, 0.05) is 25.5 Å². The van der Waals surface area contributed by atoms with Gasteiger partial charge in [-0.1, -0.05) is 25.1 Å². The standard InChI is InChI=1S/C11H18OS/c1-3-4-5-6-7-8-9-10-13-11(2)12/h3,6-10H2,1-2H3. The molecule has 0 unspecified atom stereocenters. The van der Waals surface area contributed by atoms with E-state index in [1.54, 1.807) is 6.92 Å². The summed E-state index contributed by atoms with van der Waals surface area (Å²) in [5.41, 5.74) is 0. The maximum Gasteiger partial charge on any atom is 0.185 e. The Bertz CT molecular complexity index is 188. The molecule has 0 radical (unpaired) electrons. The van der Waals surface area contributed by atoms with Crippen molar-refractivity contribution in [2.75, 3.05) is 5.75 Å². The van der Waals surface area contributed by atoms with Crippen molar-refractivity contribution in [3.8, 4) is 11.8 Å². The van der Waals surface area contributed by atoms with Crippen molar-refractivity contribution in [1.82, 2.24) is 0 Å². The highest BCUT2D eigenvalue weighted by molar-refractivity contribution is 8.13. The summed E-state index contributed by atoms with van der Waals surface area (Å²) in [6.07, 6.45) is 5.47. The topological polar surface area (TPSA) is 17.1 Å². The Kier molecular flexibility index (Phi) is 9.35. The summed E-state index contributed by atoms with van der Waals surface area (Å²) in [5.74, 6) is 7.13. The molecule has 0 spiro atoms. The third-order valence-corrected chi connectivity index (χ3v) is 2.45. The van der Waals surface area contributed by atoms with Crippen molar-refractivity contribution in [3.05, 3.63) is 0 Å². The van der Waals surface area contributed by atoms with Gasteiger partial charge in [0.1, 0.15) is 0 Å². The van der Waals surface area contributed by atoms with E-state index >= 15 is 0 Å². The fraction of sp³-hybridized carbons (Fsp3) is 0.727. The van der Waals surface area contributed by atoms with Crippen molar-refractivity contribution in [3.63, 3.8) is 0 Å². The number of hydrogen-bond donors (Lipinski definition) is 0. The predicted octanol–water partition coefficient (Wildman–Crippen LogP) is 3.24. The van der Waals surface area contributed by atoms with Crippen molar-refractivity contribution in [2.24, 2.45) is 0 Å². The molecule has 0 aliphatic carbocycles. The zero-order chi connectivity index (χ0) is 9.94. The summed E-state index contributed by atoms with van der Waals surface area (Å²) in [5, 5.41) is 0.228. The molecule has 0 bridgehead atoms. The second-order valence-corrected chi connectivity index (χ2v) is 4.13. The van der Waals surface area contributed by atoms with Gasteiger partial charge in [0.2, 0.25) is 0 Å². The van der Waals surface area contributed by atoms with Crippen LogP contribution < -0.4 is 0 Å². The molecule has 0 aliphatic rings. The molecule has 74 valence electrons. The van der Waals surface area contributed by atoms with Gasteiger partial charge in [-0.3, -0.25) is 4.79 Å². The zero-order valence-corrected chi connectivity index (χ0v) is 9.38. The molecule has 0 atom stereocenters. The molecule has 0 N–H and O–H groups in total. The average Bonchev–Trinajstić information content (AvgIpc) is 2.09. The SMILES string of the molecule is CCC#CCCCCCSC(C)=O. The quantitative estimate of drug-likeness (QED) is 0.498. The van der Waals surface area contributed by atoms with Gasteiger partial charge in [0.05, 0.1) is 0 Å². The molecular weight excluding hydrogens is 180 g/mol. The normalized spacial score (nSPS) is 9.08. The Morgan fingerprint density at radius 3 is 2.62 bits per heavy atom. The zero-order valence-electron chi connectivity index (χ0n) is 8.56. The van der Waals surface area contributed by atoms with Crippen molar-refractivity contribution in [1.29, 1.82) is 0 Å². The van der Waals surface area contributed by atoms with Crippen LogP contribution in [0.4, 0.5) is 0 Å². The van der Waals surface area contributed by atoms with E-state index in [2.05, 4.69) is 18.8 Å². The lowest BCUT2D eigenvalue weighted by Crippen LogP contribution is -1.86. The summed E-state index contributed by atoms with van der Waals surface area (Å²) in [7, 11) is 0. The van der Waals surface area contributed by atoms with E-state index < -0.39 is 0 Å². The molecule has 0 aromatic rings. The molecule has 0 rings (SSSR count). The molecule has 0 aromatic carbocycles. The van der Waals surface area contributed by atoms with Crippen LogP contribution in [0.15, 0.2) is 0 Å². The first-order valence-electron chi connectivity index (χ1n) is 4.86. The summed E-state index contributed by atoms with van der Waals surface area (Å²) in [4.78, 5) is 10.6. The highest BCUT2D eigenvalue weighted by Crippen LogP contribution is 2.07. The van der Waals surface area contributed by atoms with Crippen LogP contribution in [0.5, 0.6) is 0 Å². The van der Waals surface area contributed by atoms with Crippen molar-refractivity contribution >= 4 is 16.9 Å². The highest BCUT2D eigenvalue weighted by atomic mass is 32.2. The summed E-state index contributed by atoms with van der Waals surface area (Å²) in [6, 6.07) is 0. The van der Waals surface area contributed by atoms with Gasteiger partial charge >= 0.3 is 0 Å². The number of carbonyl (C=O) groups is 1. The summed E-state index contributed by atoms with van der Waals surface area (Å²) < 4.78 is 0. The Hall–Kier alpha value is -0.420. The minimum absolute atomic E-state index is 0.228. The number of carbonyl (C=O) groups excluding carboxylic acids is 1. The smallest absolute Gasteiger partial charge is 0.185 e. The first-order valence-corrected chi connectivity index (χ1v) is 5.85. The number of rotatable bonds is 5. The lowest BCUT2D eigenvalue weighted by Gasteiger charge is -1.95. The lowest BCUT2D eigenvalue weighted by atomic mass is 10.2. The molecule has 0 saturated heterocycles. The number of unbranched alkanes of at least 4 members (excludes halogenated alkanes) is 3. The van der Waals surface area contributed by atoms with E-state index in [0.29, 0.717) is 0 Å². The first-order chi connectivity index (χ1) is 6.27. The number of hydrogen-bond acceptors (Lipinski definition) is 2. The minimum atomic E-state index is 0.228. The Morgan fingerprint density at radius 1 is 1.23 bits per heavy atom. The first kappa shape index (κ1) is 12.6. The van der Waals surface area contributed by atoms with E-state index in [1.165, 1.54) is 24.6 Å². The fourth-order valence-electron chi connectivity index (χ4n) is 0.922.